The first kappa shape index (κ1) is 21.2. The minimum Gasteiger partial charge on any atom is -0.486 e. The van der Waals surface area contributed by atoms with E-state index < -0.39 is 11.7 Å². The number of aliphatic hydroxyl groups excluding tert-OH is 1. The number of alkyl halides is 3. The maximum atomic E-state index is 12.8. The highest BCUT2D eigenvalue weighted by molar-refractivity contribution is 5.92. The monoisotopic (exact) mass is 412 g/mol. The number of hydrogen-bond donors (Lipinski definition) is 1. The summed E-state index contributed by atoms with van der Waals surface area (Å²) in [4.78, 5) is 14.4. The van der Waals surface area contributed by atoms with Gasteiger partial charge in [0, 0.05) is 25.8 Å². The maximum Gasteiger partial charge on any atom is 0.416 e. The van der Waals surface area contributed by atoms with Gasteiger partial charge in [0.05, 0.1) is 5.56 Å². The van der Waals surface area contributed by atoms with Crippen LogP contribution in [0.5, 0.6) is 5.75 Å². The summed E-state index contributed by atoms with van der Waals surface area (Å²) in [7, 11) is 0. The van der Waals surface area contributed by atoms with Crippen molar-refractivity contribution in [1.82, 2.24) is 10.1 Å². The number of nitrogens with zero attached hydrogens (tertiary/aromatic N) is 2. The summed E-state index contributed by atoms with van der Waals surface area (Å²) in [5, 5.41) is 12.8. The largest absolute Gasteiger partial charge is 0.486 e. The first-order valence-electron chi connectivity index (χ1n) is 9.52. The second-order valence-electron chi connectivity index (χ2n) is 7.12. The van der Waals surface area contributed by atoms with Crippen LogP contribution in [0.2, 0.25) is 0 Å². The Bertz CT molecular complexity index is 822. The molecule has 1 atom stereocenters. The van der Waals surface area contributed by atoms with E-state index in [1.54, 1.807) is 4.90 Å². The Labute approximate surface area is 166 Å². The standard InChI is InChI=1S/C20H23F3N2O4/c21-20(22,23)15-6-1-7-16(10-15)28-13-17-11-18(24-29-17)19(27)25-8-2-4-14(12-25)5-3-9-26/h1,6-7,10-11,14,26H,2-5,8-9,12-13H2/t14-/m0/s1. The minimum absolute atomic E-state index is 0.0480. The molecule has 0 bridgehead atoms. The first-order chi connectivity index (χ1) is 13.9. The highest BCUT2D eigenvalue weighted by Crippen LogP contribution is 2.31. The van der Waals surface area contributed by atoms with E-state index in [-0.39, 0.29) is 36.3 Å². The fourth-order valence-corrected chi connectivity index (χ4v) is 3.43. The molecule has 0 radical (unpaired) electrons. The predicted octanol–water partition coefficient (Wildman–Crippen LogP) is 3.90. The van der Waals surface area contributed by atoms with Gasteiger partial charge in [-0.2, -0.15) is 13.2 Å². The topological polar surface area (TPSA) is 75.8 Å². The van der Waals surface area contributed by atoms with Gasteiger partial charge in [-0.25, -0.2) is 0 Å². The van der Waals surface area contributed by atoms with Crippen LogP contribution in [-0.4, -0.2) is 40.8 Å². The third-order valence-corrected chi connectivity index (χ3v) is 4.90. The Morgan fingerprint density at radius 3 is 2.93 bits per heavy atom. The summed E-state index contributed by atoms with van der Waals surface area (Å²) < 4.78 is 48.7. The van der Waals surface area contributed by atoms with Crippen LogP contribution in [0.4, 0.5) is 13.2 Å². The van der Waals surface area contributed by atoms with Gasteiger partial charge in [-0.3, -0.25) is 4.79 Å². The Kier molecular flexibility index (Phi) is 6.79. The summed E-state index contributed by atoms with van der Waals surface area (Å²) in [6, 6.07) is 6.00. The molecule has 0 spiro atoms. The maximum absolute atomic E-state index is 12.8. The normalized spacial score (nSPS) is 17.4. The molecule has 2 aromatic rings. The van der Waals surface area contributed by atoms with Crippen LogP contribution in [-0.2, 0) is 12.8 Å². The number of amides is 1. The highest BCUT2D eigenvalue weighted by atomic mass is 19.4. The SMILES string of the molecule is O=C(c1cc(COc2cccc(C(F)(F)F)c2)on1)N1CCC[C@@H](CCCO)C1. The van der Waals surface area contributed by atoms with Crippen LogP contribution in [0, 0.1) is 5.92 Å². The third kappa shape index (κ3) is 5.72. The molecule has 1 aromatic heterocycles. The van der Waals surface area contributed by atoms with Crippen molar-refractivity contribution < 1.29 is 32.3 Å². The fraction of sp³-hybridized carbons (Fsp3) is 0.500. The molecule has 9 heteroatoms. The molecular formula is C20H23F3N2O4. The number of ether oxygens (including phenoxy) is 1. The van der Waals surface area contributed by atoms with Gasteiger partial charge in [0.15, 0.2) is 11.5 Å². The van der Waals surface area contributed by atoms with Gasteiger partial charge in [0.1, 0.15) is 12.4 Å². The third-order valence-electron chi connectivity index (χ3n) is 4.90. The minimum atomic E-state index is -4.45. The molecule has 3 rings (SSSR count). The molecule has 0 aliphatic carbocycles. The molecule has 1 aliphatic rings. The van der Waals surface area contributed by atoms with Crippen LogP contribution in [0.3, 0.4) is 0 Å². The Balaban J connectivity index is 1.57. The lowest BCUT2D eigenvalue weighted by atomic mass is 9.93. The van der Waals surface area contributed by atoms with Gasteiger partial charge in [-0.15, -0.1) is 0 Å². The van der Waals surface area contributed by atoms with Crippen molar-refractivity contribution in [2.24, 2.45) is 5.92 Å². The lowest BCUT2D eigenvalue weighted by Crippen LogP contribution is -2.40. The summed E-state index contributed by atoms with van der Waals surface area (Å²) in [6.45, 7) is 1.25. The number of piperidine rings is 1. The van der Waals surface area contributed by atoms with Crippen LogP contribution >= 0.6 is 0 Å². The summed E-state index contributed by atoms with van der Waals surface area (Å²) in [5.41, 5.74) is -0.653. The number of rotatable bonds is 7. The number of benzene rings is 1. The van der Waals surface area contributed by atoms with Gasteiger partial charge >= 0.3 is 6.18 Å². The van der Waals surface area contributed by atoms with E-state index in [4.69, 9.17) is 14.4 Å². The van der Waals surface area contributed by atoms with E-state index in [1.807, 2.05) is 0 Å². The molecule has 1 saturated heterocycles. The first-order valence-corrected chi connectivity index (χ1v) is 9.52. The van der Waals surface area contributed by atoms with Crippen molar-refractivity contribution in [1.29, 1.82) is 0 Å². The lowest BCUT2D eigenvalue weighted by molar-refractivity contribution is -0.137. The smallest absolute Gasteiger partial charge is 0.416 e. The molecule has 29 heavy (non-hydrogen) atoms. The quantitative estimate of drug-likeness (QED) is 0.747. The molecular weight excluding hydrogens is 389 g/mol. The van der Waals surface area contributed by atoms with Crippen LogP contribution < -0.4 is 4.74 Å². The van der Waals surface area contributed by atoms with Gasteiger partial charge in [0.2, 0.25) is 0 Å². The number of aromatic nitrogens is 1. The molecule has 1 N–H and O–H groups in total. The van der Waals surface area contributed by atoms with Crippen molar-refractivity contribution in [3.63, 3.8) is 0 Å². The summed E-state index contributed by atoms with van der Waals surface area (Å²) in [5.74, 6) is 0.412. The number of carbonyl (C=O) groups excluding carboxylic acids is 1. The second kappa shape index (κ2) is 9.30. The van der Waals surface area contributed by atoms with Crippen molar-refractivity contribution in [2.45, 2.75) is 38.5 Å². The van der Waals surface area contributed by atoms with E-state index in [0.29, 0.717) is 25.4 Å². The van der Waals surface area contributed by atoms with E-state index in [2.05, 4.69) is 5.16 Å². The zero-order valence-corrected chi connectivity index (χ0v) is 15.8. The van der Waals surface area contributed by atoms with Crippen molar-refractivity contribution in [3.8, 4) is 5.75 Å². The zero-order valence-electron chi connectivity index (χ0n) is 15.8. The Hall–Kier alpha value is -2.55. The van der Waals surface area contributed by atoms with Crippen molar-refractivity contribution in [3.05, 3.63) is 47.3 Å². The molecule has 1 amide bonds. The average Bonchev–Trinajstić information content (AvgIpc) is 3.19. The Morgan fingerprint density at radius 1 is 1.34 bits per heavy atom. The second-order valence-corrected chi connectivity index (χ2v) is 7.12. The predicted molar refractivity (Wildman–Crippen MR) is 97.2 cm³/mol. The number of aliphatic hydroxyl groups is 1. The number of hydrogen-bond acceptors (Lipinski definition) is 5. The lowest BCUT2D eigenvalue weighted by Gasteiger charge is -2.32. The van der Waals surface area contributed by atoms with Crippen molar-refractivity contribution >= 4 is 5.91 Å². The fourth-order valence-electron chi connectivity index (χ4n) is 3.43. The van der Waals surface area contributed by atoms with E-state index >= 15 is 0 Å². The number of halogens is 3. The molecule has 1 fully saturated rings. The van der Waals surface area contributed by atoms with E-state index in [1.165, 1.54) is 18.2 Å². The molecule has 6 nitrogen and oxygen atoms in total. The van der Waals surface area contributed by atoms with Crippen LogP contribution in [0.15, 0.2) is 34.9 Å². The van der Waals surface area contributed by atoms with E-state index in [0.717, 1.165) is 31.4 Å². The molecule has 1 aromatic carbocycles. The average molecular weight is 412 g/mol. The van der Waals surface area contributed by atoms with Crippen LogP contribution in [0.25, 0.3) is 0 Å². The van der Waals surface area contributed by atoms with Gasteiger partial charge in [-0.1, -0.05) is 11.2 Å². The van der Waals surface area contributed by atoms with Crippen molar-refractivity contribution in [2.75, 3.05) is 19.7 Å². The van der Waals surface area contributed by atoms with E-state index in [9.17, 15) is 18.0 Å². The molecule has 158 valence electrons. The summed E-state index contributed by atoms with van der Waals surface area (Å²) in [6.07, 6.45) is -0.943. The molecule has 1 aliphatic heterocycles. The Morgan fingerprint density at radius 2 is 2.17 bits per heavy atom. The van der Waals surface area contributed by atoms with Gasteiger partial charge in [-0.05, 0) is 49.8 Å². The van der Waals surface area contributed by atoms with Gasteiger partial charge < -0.3 is 19.3 Å². The van der Waals surface area contributed by atoms with Crippen LogP contribution in [0.1, 0.15) is 47.5 Å². The highest BCUT2D eigenvalue weighted by Gasteiger charge is 2.30. The molecule has 0 saturated carbocycles. The molecule has 2 heterocycles. The van der Waals surface area contributed by atoms with Gasteiger partial charge in [0.25, 0.3) is 5.91 Å². The number of carbonyl (C=O) groups is 1. The molecule has 0 unspecified atom stereocenters. The zero-order chi connectivity index (χ0) is 20.9. The number of likely N-dealkylation sites (tertiary alicyclic amines) is 1. The summed E-state index contributed by atoms with van der Waals surface area (Å²) >= 11 is 0.